The molecule has 0 bridgehead atoms. The molecule has 6 nitrogen and oxygen atoms in total. The van der Waals surface area contributed by atoms with E-state index >= 15 is 0 Å². The van der Waals surface area contributed by atoms with E-state index < -0.39 is 0 Å². The minimum absolute atomic E-state index is 0.0179. The Morgan fingerprint density at radius 1 is 1.11 bits per heavy atom. The smallest absolute Gasteiger partial charge is 0.317 e. The van der Waals surface area contributed by atoms with Crippen molar-refractivity contribution in [3.05, 3.63) is 60.4 Å². The number of amides is 2. The predicted octanol–water partition coefficient (Wildman–Crippen LogP) is 2.89. The highest BCUT2D eigenvalue weighted by Crippen LogP contribution is 2.14. The first-order chi connectivity index (χ1) is 13.3. The van der Waals surface area contributed by atoms with Crippen molar-refractivity contribution in [1.29, 1.82) is 0 Å². The number of likely N-dealkylation sites (tertiary alicyclic amines) is 1. The van der Waals surface area contributed by atoms with Crippen LogP contribution < -0.4 is 10.1 Å². The van der Waals surface area contributed by atoms with Gasteiger partial charge in [-0.3, -0.25) is 4.98 Å². The van der Waals surface area contributed by atoms with Gasteiger partial charge in [-0.25, -0.2) is 4.79 Å². The van der Waals surface area contributed by atoms with E-state index in [0.717, 1.165) is 38.1 Å². The number of ether oxygens (including phenoxy) is 2. The number of pyridine rings is 1. The highest BCUT2D eigenvalue weighted by atomic mass is 16.5. The molecule has 0 unspecified atom stereocenters. The van der Waals surface area contributed by atoms with Crippen LogP contribution in [0.5, 0.6) is 5.75 Å². The van der Waals surface area contributed by atoms with Crippen molar-refractivity contribution in [3.63, 3.8) is 0 Å². The summed E-state index contributed by atoms with van der Waals surface area (Å²) in [6.45, 7) is 3.16. The topological polar surface area (TPSA) is 63.7 Å². The second-order valence-corrected chi connectivity index (χ2v) is 6.56. The van der Waals surface area contributed by atoms with Crippen LogP contribution in [0.2, 0.25) is 0 Å². The lowest BCUT2D eigenvalue weighted by Crippen LogP contribution is -2.46. The maximum atomic E-state index is 12.3. The molecular weight excluding hydrogens is 342 g/mol. The van der Waals surface area contributed by atoms with Crippen molar-refractivity contribution in [2.45, 2.75) is 25.4 Å². The Morgan fingerprint density at radius 3 is 2.67 bits per heavy atom. The van der Waals surface area contributed by atoms with E-state index in [1.807, 2.05) is 35.2 Å². The lowest BCUT2D eigenvalue weighted by Gasteiger charge is -2.32. The number of carbonyl (C=O) groups excluding carboxylic acids is 1. The minimum Gasteiger partial charge on any atom is -0.490 e. The number of aromatic nitrogens is 1. The Hall–Kier alpha value is -2.60. The summed E-state index contributed by atoms with van der Waals surface area (Å²) >= 11 is 0. The number of hydrogen-bond donors (Lipinski definition) is 1. The summed E-state index contributed by atoms with van der Waals surface area (Å²) in [7, 11) is 0. The molecule has 0 spiro atoms. The zero-order valence-electron chi connectivity index (χ0n) is 15.5. The van der Waals surface area contributed by atoms with Gasteiger partial charge < -0.3 is 19.7 Å². The van der Waals surface area contributed by atoms with E-state index in [0.29, 0.717) is 19.8 Å². The van der Waals surface area contributed by atoms with Gasteiger partial charge in [0.2, 0.25) is 0 Å². The van der Waals surface area contributed by atoms with Crippen LogP contribution >= 0.6 is 0 Å². The lowest BCUT2D eigenvalue weighted by molar-refractivity contribution is 0.00187. The first-order valence-corrected chi connectivity index (χ1v) is 9.52. The molecule has 1 aromatic carbocycles. The number of urea groups is 1. The molecule has 2 heterocycles. The molecule has 1 fully saturated rings. The molecule has 2 amide bonds. The summed E-state index contributed by atoms with van der Waals surface area (Å²) in [5.41, 5.74) is 1.23. The van der Waals surface area contributed by atoms with Crippen LogP contribution in [-0.2, 0) is 11.2 Å². The predicted molar refractivity (Wildman–Crippen MR) is 104 cm³/mol. The Bertz CT molecular complexity index is 674. The highest BCUT2D eigenvalue weighted by molar-refractivity contribution is 5.74. The molecular formula is C21H27N3O3. The van der Waals surface area contributed by atoms with Crippen molar-refractivity contribution in [3.8, 4) is 5.75 Å². The average Bonchev–Trinajstić information content (AvgIpc) is 2.73. The second-order valence-electron chi connectivity index (χ2n) is 6.56. The van der Waals surface area contributed by atoms with Gasteiger partial charge in [0.25, 0.3) is 0 Å². The third-order valence-corrected chi connectivity index (χ3v) is 4.60. The molecule has 27 heavy (non-hydrogen) atoms. The summed E-state index contributed by atoms with van der Waals surface area (Å²) in [5, 5.41) is 3.01. The number of benzene rings is 1. The lowest BCUT2D eigenvalue weighted by atomic mass is 10.1. The summed E-state index contributed by atoms with van der Waals surface area (Å²) in [6, 6.07) is 13.9. The van der Waals surface area contributed by atoms with Gasteiger partial charge in [0.15, 0.2) is 0 Å². The van der Waals surface area contributed by atoms with E-state index in [-0.39, 0.29) is 12.1 Å². The fourth-order valence-electron chi connectivity index (χ4n) is 3.10. The molecule has 1 aliphatic rings. The molecule has 3 rings (SSSR count). The first-order valence-electron chi connectivity index (χ1n) is 9.52. The maximum absolute atomic E-state index is 12.3. The molecule has 0 radical (unpaired) electrons. The van der Waals surface area contributed by atoms with Crippen LogP contribution in [-0.4, -0.2) is 54.9 Å². The summed E-state index contributed by atoms with van der Waals surface area (Å²) in [5.74, 6) is 0.753. The largest absolute Gasteiger partial charge is 0.490 e. The maximum Gasteiger partial charge on any atom is 0.317 e. The fourth-order valence-corrected chi connectivity index (χ4v) is 3.10. The SMILES string of the molecule is O=C(NCCc1ccccc1)N1CCC(OCCOc2cccnc2)CC1. The Balaban J connectivity index is 1.26. The number of rotatable bonds is 8. The van der Waals surface area contributed by atoms with Gasteiger partial charge in [-0.1, -0.05) is 30.3 Å². The van der Waals surface area contributed by atoms with Gasteiger partial charge in [-0.05, 0) is 37.0 Å². The molecule has 0 aliphatic carbocycles. The zero-order chi connectivity index (χ0) is 18.7. The van der Waals surface area contributed by atoms with Gasteiger partial charge in [0.1, 0.15) is 12.4 Å². The number of hydrogen-bond acceptors (Lipinski definition) is 4. The minimum atomic E-state index is 0.0179. The van der Waals surface area contributed by atoms with Crippen molar-refractivity contribution in [2.75, 3.05) is 32.8 Å². The molecule has 144 valence electrons. The van der Waals surface area contributed by atoms with Crippen molar-refractivity contribution in [1.82, 2.24) is 15.2 Å². The average molecular weight is 369 g/mol. The van der Waals surface area contributed by atoms with E-state index in [4.69, 9.17) is 9.47 Å². The van der Waals surface area contributed by atoms with Crippen molar-refractivity contribution < 1.29 is 14.3 Å². The number of carbonyl (C=O) groups is 1. The second kappa shape index (κ2) is 10.5. The quantitative estimate of drug-likeness (QED) is 0.727. The Labute approximate surface area is 160 Å². The third-order valence-electron chi connectivity index (χ3n) is 4.60. The van der Waals surface area contributed by atoms with E-state index in [9.17, 15) is 4.79 Å². The van der Waals surface area contributed by atoms with Gasteiger partial charge in [0, 0.05) is 25.8 Å². The molecule has 1 saturated heterocycles. The van der Waals surface area contributed by atoms with E-state index in [1.54, 1.807) is 12.4 Å². The van der Waals surface area contributed by atoms with Gasteiger partial charge in [0.05, 0.1) is 18.9 Å². The van der Waals surface area contributed by atoms with Crippen LogP contribution in [0.15, 0.2) is 54.9 Å². The molecule has 1 N–H and O–H groups in total. The summed E-state index contributed by atoms with van der Waals surface area (Å²) in [6.07, 6.45) is 6.17. The van der Waals surface area contributed by atoms with Crippen LogP contribution in [0.25, 0.3) is 0 Å². The Morgan fingerprint density at radius 2 is 1.93 bits per heavy atom. The van der Waals surface area contributed by atoms with Gasteiger partial charge >= 0.3 is 6.03 Å². The third kappa shape index (κ3) is 6.57. The van der Waals surface area contributed by atoms with Crippen LogP contribution in [0.3, 0.4) is 0 Å². The first kappa shape index (κ1) is 19.2. The highest BCUT2D eigenvalue weighted by Gasteiger charge is 2.22. The van der Waals surface area contributed by atoms with E-state index in [1.165, 1.54) is 5.56 Å². The van der Waals surface area contributed by atoms with Crippen molar-refractivity contribution in [2.24, 2.45) is 0 Å². The molecule has 2 aromatic rings. The fraction of sp³-hybridized carbons (Fsp3) is 0.429. The summed E-state index contributed by atoms with van der Waals surface area (Å²) < 4.78 is 11.4. The number of piperidine rings is 1. The molecule has 1 aromatic heterocycles. The molecule has 0 atom stereocenters. The number of nitrogens with one attached hydrogen (secondary N) is 1. The number of nitrogens with zero attached hydrogens (tertiary/aromatic N) is 2. The van der Waals surface area contributed by atoms with Crippen molar-refractivity contribution >= 4 is 6.03 Å². The Kier molecular flexibility index (Phi) is 7.47. The molecule has 0 saturated carbocycles. The standard InChI is InChI=1S/C21H27N3O3/c25-21(23-12-8-18-5-2-1-3-6-18)24-13-9-19(10-14-24)26-15-16-27-20-7-4-11-22-17-20/h1-7,11,17,19H,8-10,12-16H2,(H,23,25). The molecule has 1 aliphatic heterocycles. The zero-order valence-corrected chi connectivity index (χ0v) is 15.5. The van der Waals surface area contributed by atoms with Crippen LogP contribution in [0, 0.1) is 0 Å². The monoisotopic (exact) mass is 369 g/mol. The van der Waals surface area contributed by atoms with Gasteiger partial charge in [-0.2, -0.15) is 0 Å². The normalized spacial score (nSPS) is 14.7. The van der Waals surface area contributed by atoms with Gasteiger partial charge in [-0.15, -0.1) is 0 Å². The summed E-state index contributed by atoms with van der Waals surface area (Å²) in [4.78, 5) is 18.1. The van der Waals surface area contributed by atoms with Crippen LogP contribution in [0.4, 0.5) is 4.79 Å². The van der Waals surface area contributed by atoms with Crippen LogP contribution in [0.1, 0.15) is 18.4 Å². The van der Waals surface area contributed by atoms with E-state index in [2.05, 4.69) is 22.4 Å². The molecule has 6 heteroatoms.